The number of amides is 1. The van der Waals surface area contributed by atoms with Crippen molar-refractivity contribution in [1.82, 2.24) is 10.2 Å². The summed E-state index contributed by atoms with van der Waals surface area (Å²) in [6, 6.07) is 21.0. The fraction of sp³-hybridized carbons (Fsp3) is 0.0833. The van der Waals surface area contributed by atoms with Crippen LogP contribution in [0.15, 0.2) is 77.3 Å². The van der Waals surface area contributed by atoms with E-state index in [9.17, 15) is 14.9 Å². The van der Waals surface area contributed by atoms with Crippen LogP contribution < -0.4 is 4.90 Å². The van der Waals surface area contributed by atoms with E-state index in [1.54, 1.807) is 23.1 Å². The Bertz CT molecular complexity index is 1350. The van der Waals surface area contributed by atoms with Crippen molar-refractivity contribution in [2.45, 2.75) is 13.0 Å². The summed E-state index contributed by atoms with van der Waals surface area (Å²) in [5.74, 6) is -0.275. The number of rotatable bonds is 4. The molecule has 2 heterocycles. The van der Waals surface area contributed by atoms with Crippen molar-refractivity contribution in [3.8, 4) is 11.3 Å². The molecule has 0 saturated heterocycles. The number of aryl methyl sites for hydroxylation is 1. The van der Waals surface area contributed by atoms with Crippen molar-refractivity contribution >= 4 is 33.2 Å². The van der Waals surface area contributed by atoms with Gasteiger partial charge in [0.05, 0.1) is 22.2 Å². The number of fused-ring (bicyclic) bond motifs is 1. The Kier molecular flexibility index (Phi) is 4.86. The molecule has 1 atom stereocenters. The third kappa shape index (κ3) is 3.20. The monoisotopic (exact) mass is 488 g/mol. The van der Waals surface area contributed by atoms with E-state index in [4.69, 9.17) is 0 Å². The van der Waals surface area contributed by atoms with Crippen molar-refractivity contribution in [1.29, 1.82) is 0 Å². The second-order valence-corrected chi connectivity index (χ2v) is 8.51. The molecule has 1 amide bonds. The molecule has 0 aliphatic carbocycles. The van der Waals surface area contributed by atoms with Crippen LogP contribution in [0.1, 0.15) is 33.2 Å². The number of benzene rings is 3. The maximum absolute atomic E-state index is 13.5. The topological polar surface area (TPSA) is 92.1 Å². The van der Waals surface area contributed by atoms with Crippen LogP contribution in [0.5, 0.6) is 0 Å². The second-order valence-electron chi connectivity index (χ2n) is 7.60. The molecular formula is C24H17BrN4O3. The van der Waals surface area contributed by atoms with Gasteiger partial charge >= 0.3 is 0 Å². The molecule has 1 aliphatic rings. The van der Waals surface area contributed by atoms with Gasteiger partial charge in [-0.1, -0.05) is 57.9 Å². The van der Waals surface area contributed by atoms with Gasteiger partial charge in [-0.25, -0.2) is 0 Å². The average molecular weight is 489 g/mol. The van der Waals surface area contributed by atoms with Gasteiger partial charge in [0.2, 0.25) is 0 Å². The molecule has 1 aliphatic heterocycles. The first-order chi connectivity index (χ1) is 15.5. The second kappa shape index (κ2) is 7.72. The van der Waals surface area contributed by atoms with Gasteiger partial charge in [-0.2, -0.15) is 5.10 Å². The van der Waals surface area contributed by atoms with Crippen LogP contribution in [-0.2, 0) is 0 Å². The number of hydrogen-bond acceptors (Lipinski definition) is 4. The van der Waals surface area contributed by atoms with E-state index in [-0.39, 0.29) is 11.6 Å². The maximum Gasteiger partial charge on any atom is 0.277 e. The lowest BCUT2D eigenvalue weighted by atomic mass is 9.94. The first-order valence-electron chi connectivity index (χ1n) is 9.93. The van der Waals surface area contributed by atoms with Crippen molar-refractivity contribution in [2.24, 2.45) is 0 Å². The number of aromatic nitrogens is 2. The predicted octanol–water partition coefficient (Wildman–Crippen LogP) is 5.81. The number of nitro benzene ring substituents is 1. The van der Waals surface area contributed by atoms with E-state index in [1.807, 2.05) is 55.5 Å². The molecule has 158 valence electrons. The van der Waals surface area contributed by atoms with Crippen LogP contribution in [0.3, 0.4) is 0 Å². The van der Waals surface area contributed by atoms with E-state index in [0.717, 1.165) is 15.6 Å². The van der Waals surface area contributed by atoms with Crippen molar-refractivity contribution in [3.63, 3.8) is 0 Å². The average Bonchev–Trinajstić information content (AvgIpc) is 3.34. The minimum absolute atomic E-state index is 0.0433. The zero-order chi connectivity index (χ0) is 22.4. The molecule has 0 spiro atoms. The summed E-state index contributed by atoms with van der Waals surface area (Å²) in [7, 11) is 0. The number of anilines is 1. The Morgan fingerprint density at radius 3 is 2.41 bits per heavy atom. The number of nitrogens with zero attached hydrogens (tertiary/aromatic N) is 3. The quantitative estimate of drug-likeness (QED) is 0.290. The summed E-state index contributed by atoms with van der Waals surface area (Å²) < 4.78 is 0.918. The molecule has 0 unspecified atom stereocenters. The highest BCUT2D eigenvalue weighted by molar-refractivity contribution is 9.10. The lowest BCUT2D eigenvalue weighted by molar-refractivity contribution is -0.385. The molecule has 5 rings (SSSR count). The lowest BCUT2D eigenvalue weighted by Gasteiger charge is -2.26. The molecule has 0 saturated carbocycles. The van der Waals surface area contributed by atoms with Gasteiger partial charge in [-0.05, 0) is 37.3 Å². The number of nitro groups is 1. The van der Waals surface area contributed by atoms with Crippen molar-refractivity contribution < 1.29 is 9.72 Å². The van der Waals surface area contributed by atoms with E-state index in [0.29, 0.717) is 28.2 Å². The highest BCUT2D eigenvalue weighted by Gasteiger charge is 2.45. The van der Waals surface area contributed by atoms with Crippen LogP contribution in [0, 0.1) is 17.0 Å². The fourth-order valence-electron chi connectivity index (χ4n) is 4.13. The summed E-state index contributed by atoms with van der Waals surface area (Å²) in [4.78, 5) is 26.6. The number of para-hydroxylation sites is 1. The van der Waals surface area contributed by atoms with E-state index in [1.165, 1.54) is 6.07 Å². The molecule has 0 bridgehead atoms. The first-order valence-corrected chi connectivity index (χ1v) is 10.7. The van der Waals surface area contributed by atoms with Gasteiger partial charge in [0.1, 0.15) is 5.69 Å². The summed E-state index contributed by atoms with van der Waals surface area (Å²) in [6.45, 7) is 1.97. The molecule has 7 nitrogen and oxygen atoms in total. The Hall–Kier alpha value is -3.78. The minimum atomic E-state index is -0.695. The normalized spacial score (nSPS) is 15.1. The third-order valence-electron chi connectivity index (χ3n) is 5.63. The van der Waals surface area contributed by atoms with Gasteiger partial charge in [0.25, 0.3) is 11.6 Å². The van der Waals surface area contributed by atoms with Crippen molar-refractivity contribution in [3.05, 3.63) is 110 Å². The Balaban J connectivity index is 1.77. The molecule has 1 aromatic heterocycles. The molecule has 32 heavy (non-hydrogen) atoms. The standard InChI is InChI=1S/C24H17BrN4O3/c1-14-6-12-17(13-7-14)28-23(18-4-2-3-5-19(18)29(31)32)20-21(26-27-22(20)24(28)30)15-8-10-16(25)11-9-15/h2-13,23H,1H3,(H,26,27)/t23-/m0/s1. The summed E-state index contributed by atoms with van der Waals surface area (Å²) in [5, 5.41) is 19.2. The Morgan fingerprint density at radius 2 is 1.72 bits per heavy atom. The number of aromatic amines is 1. The zero-order valence-electron chi connectivity index (χ0n) is 16.9. The Morgan fingerprint density at radius 1 is 1.03 bits per heavy atom. The molecular weight excluding hydrogens is 472 g/mol. The maximum atomic E-state index is 13.5. The van der Waals surface area contributed by atoms with Crippen LogP contribution in [0.4, 0.5) is 11.4 Å². The zero-order valence-corrected chi connectivity index (χ0v) is 18.5. The Labute approximate surface area is 192 Å². The number of carbonyl (C=O) groups is 1. The molecule has 0 radical (unpaired) electrons. The van der Waals surface area contributed by atoms with Gasteiger partial charge in [0.15, 0.2) is 0 Å². The smallest absolute Gasteiger partial charge is 0.277 e. The summed E-state index contributed by atoms with van der Waals surface area (Å²) >= 11 is 3.44. The largest absolute Gasteiger partial charge is 0.295 e. The number of hydrogen-bond donors (Lipinski definition) is 1. The van der Waals surface area contributed by atoms with E-state index < -0.39 is 11.0 Å². The minimum Gasteiger partial charge on any atom is -0.295 e. The van der Waals surface area contributed by atoms with E-state index in [2.05, 4.69) is 26.1 Å². The molecule has 3 aromatic carbocycles. The van der Waals surface area contributed by atoms with Crippen LogP contribution in [0.25, 0.3) is 11.3 Å². The lowest BCUT2D eigenvalue weighted by Crippen LogP contribution is -2.29. The molecule has 8 heteroatoms. The van der Waals surface area contributed by atoms with Gasteiger partial charge in [0, 0.05) is 27.4 Å². The van der Waals surface area contributed by atoms with Gasteiger partial charge < -0.3 is 0 Å². The number of halogens is 1. The predicted molar refractivity (Wildman–Crippen MR) is 125 cm³/mol. The van der Waals surface area contributed by atoms with Gasteiger partial charge in [-0.15, -0.1) is 0 Å². The van der Waals surface area contributed by atoms with Gasteiger partial charge in [-0.3, -0.25) is 24.9 Å². The number of H-pyrrole nitrogens is 1. The summed E-state index contributed by atoms with van der Waals surface area (Å²) in [5.41, 5.74) is 4.49. The SMILES string of the molecule is Cc1ccc(N2C(=O)c3[nH]nc(-c4ccc(Br)cc4)c3[C@@H]2c2ccccc2[N+](=O)[O-])cc1. The number of carbonyl (C=O) groups excluding carboxylic acids is 1. The first kappa shape index (κ1) is 20.1. The molecule has 0 fully saturated rings. The highest BCUT2D eigenvalue weighted by Crippen LogP contribution is 2.47. The highest BCUT2D eigenvalue weighted by atomic mass is 79.9. The van der Waals surface area contributed by atoms with Crippen molar-refractivity contribution in [2.75, 3.05) is 4.90 Å². The van der Waals surface area contributed by atoms with E-state index >= 15 is 0 Å². The van der Waals surface area contributed by atoms with Crippen LogP contribution in [0.2, 0.25) is 0 Å². The summed E-state index contributed by atoms with van der Waals surface area (Å²) in [6.07, 6.45) is 0. The fourth-order valence-corrected chi connectivity index (χ4v) is 4.39. The molecule has 1 N–H and O–H groups in total. The van der Waals surface area contributed by atoms with Crippen LogP contribution in [-0.4, -0.2) is 21.0 Å². The number of nitrogens with one attached hydrogen (secondary N) is 1. The molecule has 4 aromatic rings. The van der Waals surface area contributed by atoms with Crippen LogP contribution >= 0.6 is 15.9 Å². The third-order valence-corrected chi connectivity index (χ3v) is 6.15.